The Kier molecular flexibility index (Phi) is 9.11. The predicted molar refractivity (Wildman–Crippen MR) is 101 cm³/mol. The molecule has 0 spiro atoms. The highest BCUT2D eigenvalue weighted by molar-refractivity contribution is 6.27. The van der Waals surface area contributed by atoms with Crippen LogP contribution in [0.1, 0.15) is 11.3 Å². The quantitative estimate of drug-likeness (QED) is 0.744. The molecule has 0 aliphatic heterocycles. The zero-order chi connectivity index (χ0) is 21.1. The van der Waals surface area contributed by atoms with Gasteiger partial charge in [-0.05, 0) is 31.8 Å². The summed E-state index contributed by atoms with van der Waals surface area (Å²) >= 11 is 0. The van der Waals surface area contributed by atoms with Crippen LogP contribution in [0.4, 0.5) is 4.79 Å². The molecular formula is C19H23N3O6. The van der Waals surface area contributed by atoms with E-state index in [0.717, 1.165) is 11.3 Å². The van der Waals surface area contributed by atoms with Crippen LogP contribution in [0.25, 0.3) is 0 Å². The van der Waals surface area contributed by atoms with Gasteiger partial charge in [-0.15, -0.1) is 0 Å². The molecule has 1 aromatic carbocycles. The van der Waals surface area contributed by atoms with Crippen molar-refractivity contribution in [3.05, 3.63) is 59.9 Å². The molecule has 0 saturated carbocycles. The van der Waals surface area contributed by atoms with Gasteiger partial charge in [0, 0.05) is 26.3 Å². The first-order chi connectivity index (χ1) is 13.2. The van der Waals surface area contributed by atoms with E-state index in [1.54, 1.807) is 30.3 Å². The lowest BCUT2D eigenvalue weighted by molar-refractivity contribution is -0.159. The first kappa shape index (κ1) is 22.6. The van der Waals surface area contributed by atoms with Crippen molar-refractivity contribution in [1.29, 1.82) is 0 Å². The SMILES string of the molecule is CN(C)Cc1ncccc1OC(=O)N(C)Cc1ccccc1.O=C(O)C(=O)O. The van der Waals surface area contributed by atoms with Crippen molar-refractivity contribution in [3.63, 3.8) is 0 Å². The Labute approximate surface area is 162 Å². The Bertz CT molecular complexity index is 783. The minimum Gasteiger partial charge on any atom is -0.473 e. The second-order valence-corrected chi connectivity index (χ2v) is 6.01. The van der Waals surface area contributed by atoms with Crippen molar-refractivity contribution >= 4 is 18.0 Å². The zero-order valence-electron chi connectivity index (χ0n) is 15.9. The van der Waals surface area contributed by atoms with Crippen LogP contribution >= 0.6 is 0 Å². The lowest BCUT2D eigenvalue weighted by Gasteiger charge is -2.18. The fourth-order valence-electron chi connectivity index (χ4n) is 2.03. The number of carbonyl (C=O) groups is 3. The number of hydrogen-bond donors (Lipinski definition) is 2. The number of benzene rings is 1. The Morgan fingerprint density at radius 3 is 2.07 bits per heavy atom. The molecule has 0 atom stereocenters. The minimum absolute atomic E-state index is 0.392. The smallest absolute Gasteiger partial charge is 0.415 e. The van der Waals surface area contributed by atoms with Crippen molar-refractivity contribution in [1.82, 2.24) is 14.8 Å². The van der Waals surface area contributed by atoms with Crippen LogP contribution in [-0.2, 0) is 22.7 Å². The summed E-state index contributed by atoms with van der Waals surface area (Å²) in [5.74, 6) is -3.15. The molecule has 0 aliphatic rings. The van der Waals surface area contributed by atoms with Crippen molar-refractivity contribution in [2.45, 2.75) is 13.1 Å². The van der Waals surface area contributed by atoms with Crippen LogP contribution < -0.4 is 4.74 Å². The number of hydrogen-bond acceptors (Lipinski definition) is 6. The average molecular weight is 389 g/mol. The van der Waals surface area contributed by atoms with Crippen LogP contribution in [0, 0.1) is 0 Å². The highest BCUT2D eigenvalue weighted by Gasteiger charge is 2.15. The minimum atomic E-state index is -1.82. The number of carboxylic acids is 2. The highest BCUT2D eigenvalue weighted by Crippen LogP contribution is 2.17. The molecule has 1 aromatic heterocycles. The summed E-state index contributed by atoms with van der Waals surface area (Å²) in [6.45, 7) is 1.12. The molecule has 9 heteroatoms. The van der Waals surface area contributed by atoms with Gasteiger partial charge in [0.05, 0.1) is 5.69 Å². The van der Waals surface area contributed by atoms with Gasteiger partial charge in [-0.1, -0.05) is 30.3 Å². The van der Waals surface area contributed by atoms with Crippen molar-refractivity contribution in [3.8, 4) is 5.75 Å². The van der Waals surface area contributed by atoms with Crippen LogP contribution in [0.2, 0.25) is 0 Å². The Balaban J connectivity index is 0.000000568. The molecule has 0 aliphatic carbocycles. The maximum Gasteiger partial charge on any atom is 0.415 e. The lowest BCUT2D eigenvalue weighted by Crippen LogP contribution is -2.29. The maximum atomic E-state index is 12.2. The van der Waals surface area contributed by atoms with Gasteiger partial charge in [-0.3, -0.25) is 4.98 Å². The molecule has 0 saturated heterocycles. The molecule has 0 bridgehead atoms. The van der Waals surface area contributed by atoms with Crippen molar-refractivity contribution in [2.24, 2.45) is 0 Å². The number of nitrogens with zero attached hydrogens (tertiary/aromatic N) is 3. The third-order valence-electron chi connectivity index (χ3n) is 3.27. The van der Waals surface area contributed by atoms with Gasteiger partial charge in [0.25, 0.3) is 0 Å². The standard InChI is InChI=1S/C17H21N3O2.C2H2O4/c1-19(2)13-15-16(10-7-11-18-15)22-17(21)20(3)12-14-8-5-4-6-9-14;3-1(4)2(5)6/h4-11H,12-13H2,1-3H3;(H,3,4)(H,5,6). The summed E-state index contributed by atoms with van der Waals surface area (Å²) in [6.07, 6.45) is 1.31. The van der Waals surface area contributed by atoms with E-state index in [2.05, 4.69) is 4.98 Å². The van der Waals surface area contributed by atoms with E-state index in [9.17, 15) is 4.79 Å². The van der Waals surface area contributed by atoms with E-state index in [-0.39, 0.29) is 0 Å². The number of carboxylic acid groups (broad SMARTS) is 2. The van der Waals surface area contributed by atoms with Crippen LogP contribution in [0.5, 0.6) is 5.75 Å². The summed E-state index contributed by atoms with van der Waals surface area (Å²) in [5, 5.41) is 14.8. The van der Waals surface area contributed by atoms with Gasteiger partial charge in [0.15, 0.2) is 5.75 Å². The fourth-order valence-corrected chi connectivity index (χ4v) is 2.03. The second kappa shape index (κ2) is 11.3. The summed E-state index contributed by atoms with van der Waals surface area (Å²) in [6, 6.07) is 13.3. The largest absolute Gasteiger partial charge is 0.473 e. The number of carbonyl (C=O) groups excluding carboxylic acids is 1. The Hall–Kier alpha value is -3.46. The number of aromatic nitrogens is 1. The lowest BCUT2D eigenvalue weighted by atomic mass is 10.2. The number of aliphatic carboxylic acids is 2. The molecule has 150 valence electrons. The topological polar surface area (TPSA) is 120 Å². The van der Waals surface area contributed by atoms with Gasteiger partial charge in [-0.2, -0.15) is 0 Å². The number of pyridine rings is 1. The van der Waals surface area contributed by atoms with Crippen molar-refractivity contribution in [2.75, 3.05) is 21.1 Å². The van der Waals surface area contributed by atoms with E-state index in [1.807, 2.05) is 49.3 Å². The third-order valence-corrected chi connectivity index (χ3v) is 3.27. The molecule has 2 N–H and O–H groups in total. The van der Waals surface area contributed by atoms with Gasteiger partial charge >= 0.3 is 18.0 Å². The van der Waals surface area contributed by atoms with E-state index in [1.165, 1.54) is 0 Å². The summed E-state index contributed by atoms with van der Waals surface area (Å²) in [5.41, 5.74) is 1.80. The molecule has 2 aromatic rings. The number of rotatable bonds is 5. The number of amides is 1. The highest BCUT2D eigenvalue weighted by atomic mass is 16.6. The zero-order valence-corrected chi connectivity index (χ0v) is 15.9. The van der Waals surface area contributed by atoms with E-state index >= 15 is 0 Å². The van der Waals surface area contributed by atoms with Gasteiger partial charge in [0.1, 0.15) is 0 Å². The van der Waals surface area contributed by atoms with E-state index < -0.39 is 18.0 Å². The molecule has 1 heterocycles. The Morgan fingerprint density at radius 2 is 1.54 bits per heavy atom. The second-order valence-electron chi connectivity index (χ2n) is 6.01. The summed E-state index contributed by atoms with van der Waals surface area (Å²) < 4.78 is 5.48. The van der Waals surface area contributed by atoms with E-state index in [4.69, 9.17) is 24.5 Å². The third kappa shape index (κ3) is 8.28. The van der Waals surface area contributed by atoms with Crippen molar-refractivity contribution < 1.29 is 29.3 Å². The van der Waals surface area contributed by atoms with Crippen LogP contribution in [0.15, 0.2) is 48.7 Å². The first-order valence-corrected chi connectivity index (χ1v) is 8.22. The van der Waals surface area contributed by atoms with Crippen LogP contribution in [0.3, 0.4) is 0 Å². The molecule has 0 radical (unpaired) electrons. The number of ether oxygens (including phenoxy) is 1. The molecule has 0 unspecified atom stereocenters. The molecule has 9 nitrogen and oxygen atoms in total. The maximum absolute atomic E-state index is 12.2. The van der Waals surface area contributed by atoms with Crippen LogP contribution in [-0.4, -0.2) is 64.2 Å². The molecule has 2 rings (SSSR count). The Morgan fingerprint density at radius 1 is 0.929 bits per heavy atom. The summed E-state index contributed by atoms with van der Waals surface area (Å²) in [7, 11) is 5.61. The molecular weight excluding hydrogens is 366 g/mol. The average Bonchev–Trinajstić information content (AvgIpc) is 2.64. The predicted octanol–water partition coefficient (Wildman–Crippen LogP) is 1.93. The van der Waals surface area contributed by atoms with Gasteiger partial charge in [-0.25, -0.2) is 14.4 Å². The monoisotopic (exact) mass is 389 g/mol. The first-order valence-electron chi connectivity index (χ1n) is 8.22. The summed E-state index contributed by atoms with van der Waals surface area (Å²) in [4.78, 5) is 38.2. The normalized spacial score (nSPS) is 9.86. The fraction of sp³-hybridized carbons (Fsp3) is 0.263. The molecule has 0 fully saturated rings. The molecule has 28 heavy (non-hydrogen) atoms. The molecule has 1 amide bonds. The van der Waals surface area contributed by atoms with E-state index in [0.29, 0.717) is 18.8 Å². The van der Waals surface area contributed by atoms with Gasteiger partial charge in [0.2, 0.25) is 0 Å². The van der Waals surface area contributed by atoms with Gasteiger partial charge < -0.3 is 24.7 Å².